The molecule has 2 atom stereocenters. The van der Waals surface area contributed by atoms with Gasteiger partial charge in [0.1, 0.15) is 10.7 Å². The molecule has 1 aromatic rings. The standard InChI is InChI=1S/C15H22FNO5S/c1-10-4-5-11(9-18)8-17(10)23(19,20)15-7-14(22-3)13(21-2)6-12(15)16/h6-7,10-11,18H,4-5,8-9H2,1-3H3/t10-,11-/m1/s1. The predicted molar refractivity (Wildman–Crippen MR) is 82.7 cm³/mol. The first kappa shape index (κ1) is 18.0. The Balaban J connectivity index is 2.46. The van der Waals surface area contributed by atoms with Gasteiger partial charge in [-0.15, -0.1) is 0 Å². The summed E-state index contributed by atoms with van der Waals surface area (Å²) in [6, 6.07) is 1.89. The van der Waals surface area contributed by atoms with E-state index in [1.807, 2.05) is 0 Å². The molecular formula is C15H22FNO5S. The molecule has 0 bridgehead atoms. The minimum absolute atomic E-state index is 0.0901. The van der Waals surface area contributed by atoms with Gasteiger partial charge in [-0.1, -0.05) is 0 Å². The SMILES string of the molecule is COc1cc(F)c(S(=O)(=O)N2C[C@H](CO)CC[C@H]2C)cc1OC. The van der Waals surface area contributed by atoms with Crippen LogP contribution in [-0.4, -0.2) is 51.2 Å². The Morgan fingerprint density at radius 2 is 1.87 bits per heavy atom. The number of halogens is 1. The zero-order valence-electron chi connectivity index (χ0n) is 13.5. The Bertz CT molecular complexity index is 664. The van der Waals surface area contributed by atoms with Gasteiger partial charge in [0.25, 0.3) is 0 Å². The van der Waals surface area contributed by atoms with Crippen LogP contribution >= 0.6 is 0 Å². The number of nitrogens with zero attached hydrogens (tertiary/aromatic N) is 1. The maximum absolute atomic E-state index is 14.3. The van der Waals surface area contributed by atoms with E-state index in [2.05, 4.69) is 0 Å². The second-order valence-corrected chi connectivity index (χ2v) is 7.55. The summed E-state index contributed by atoms with van der Waals surface area (Å²) in [6.07, 6.45) is 1.37. The fourth-order valence-corrected chi connectivity index (χ4v) is 4.59. The van der Waals surface area contributed by atoms with Crippen LogP contribution in [0.2, 0.25) is 0 Å². The molecule has 0 aliphatic carbocycles. The molecule has 0 spiro atoms. The van der Waals surface area contributed by atoms with E-state index in [1.54, 1.807) is 6.92 Å². The second kappa shape index (κ2) is 7.02. The van der Waals surface area contributed by atoms with Gasteiger partial charge < -0.3 is 14.6 Å². The predicted octanol–water partition coefficient (Wildman–Crippen LogP) is 1.62. The van der Waals surface area contributed by atoms with Gasteiger partial charge >= 0.3 is 0 Å². The molecule has 23 heavy (non-hydrogen) atoms. The highest BCUT2D eigenvalue weighted by molar-refractivity contribution is 7.89. The van der Waals surface area contributed by atoms with Gasteiger partial charge in [-0.2, -0.15) is 4.31 Å². The number of piperidine rings is 1. The van der Waals surface area contributed by atoms with E-state index in [4.69, 9.17) is 9.47 Å². The van der Waals surface area contributed by atoms with E-state index in [1.165, 1.54) is 18.5 Å². The van der Waals surface area contributed by atoms with Crippen molar-refractivity contribution < 1.29 is 27.4 Å². The zero-order valence-corrected chi connectivity index (χ0v) is 14.3. The van der Waals surface area contributed by atoms with Crippen LogP contribution in [0, 0.1) is 11.7 Å². The van der Waals surface area contributed by atoms with Crippen molar-refractivity contribution in [1.29, 1.82) is 0 Å². The average Bonchev–Trinajstić information content (AvgIpc) is 2.54. The van der Waals surface area contributed by atoms with Gasteiger partial charge in [-0.05, 0) is 25.7 Å². The number of ether oxygens (including phenoxy) is 2. The molecular weight excluding hydrogens is 325 g/mol. The lowest BCUT2D eigenvalue weighted by Crippen LogP contribution is -2.46. The summed E-state index contributed by atoms with van der Waals surface area (Å²) >= 11 is 0. The summed E-state index contributed by atoms with van der Waals surface area (Å²) in [5, 5.41) is 9.30. The maximum atomic E-state index is 14.3. The van der Waals surface area contributed by atoms with Crippen LogP contribution in [0.5, 0.6) is 11.5 Å². The van der Waals surface area contributed by atoms with Crippen molar-refractivity contribution in [3.63, 3.8) is 0 Å². The molecule has 1 aliphatic rings. The number of aliphatic hydroxyl groups excluding tert-OH is 1. The minimum Gasteiger partial charge on any atom is -0.493 e. The van der Waals surface area contributed by atoms with Crippen LogP contribution in [0.15, 0.2) is 17.0 Å². The molecule has 130 valence electrons. The number of aliphatic hydroxyl groups is 1. The quantitative estimate of drug-likeness (QED) is 0.876. The van der Waals surface area contributed by atoms with Crippen molar-refractivity contribution in [1.82, 2.24) is 4.31 Å². The third kappa shape index (κ3) is 3.44. The molecule has 1 saturated heterocycles. The lowest BCUT2D eigenvalue weighted by Gasteiger charge is -2.36. The maximum Gasteiger partial charge on any atom is 0.246 e. The number of hydrogen-bond acceptors (Lipinski definition) is 5. The average molecular weight is 347 g/mol. The third-order valence-electron chi connectivity index (χ3n) is 4.21. The molecule has 0 radical (unpaired) electrons. The summed E-state index contributed by atoms with van der Waals surface area (Å²) in [6.45, 7) is 1.87. The highest BCUT2D eigenvalue weighted by Gasteiger charge is 2.36. The van der Waals surface area contributed by atoms with Gasteiger partial charge in [0.05, 0.1) is 14.2 Å². The van der Waals surface area contributed by atoms with Gasteiger partial charge in [0, 0.05) is 31.3 Å². The molecule has 0 amide bonds. The topological polar surface area (TPSA) is 76.1 Å². The highest BCUT2D eigenvalue weighted by atomic mass is 32.2. The van der Waals surface area contributed by atoms with Crippen LogP contribution in [0.3, 0.4) is 0 Å². The molecule has 1 heterocycles. The summed E-state index contributed by atoms with van der Waals surface area (Å²) in [5.41, 5.74) is 0. The van der Waals surface area contributed by atoms with E-state index in [9.17, 15) is 17.9 Å². The summed E-state index contributed by atoms with van der Waals surface area (Å²) in [5.74, 6) is -0.745. The highest BCUT2D eigenvalue weighted by Crippen LogP contribution is 2.35. The van der Waals surface area contributed by atoms with Crippen LogP contribution in [0.1, 0.15) is 19.8 Å². The van der Waals surface area contributed by atoms with Gasteiger partial charge in [-0.3, -0.25) is 0 Å². The molecule has 1 aromatic carbocycles. The van der Waals surface area contributed by atoms with Crippen molar-refractivity contribution in [2.45, 2.75) is 30.7 Å². The smallest absolute Gasteiger partial charge is 0.246 e. The third-order valence-corrected chi connectivity index (χ3v) is 6.20. The molecule has 0 aromatic heterocycles. The molecule has 0 unspecified atom stereocenters. The summed E-state index contributed by atoms with van der Waals surface area (Å²) in [4.78, 5) is -0.444. The van der Waals surface area contributed by atoms with Crippen molar-refractivity contribution in [2.24, 2.45) is 5.92 Å². The lowest BCUT2D eigenvalue weighted by atomic mass is 9.96. The molecule has 1 fully saturated rings. The Morgan fingerprint density at radius 3 is 2.43 bits per heavy atom. The fourth-order valence-electron chi connectivity index (χ4n) is 2.79. The number of methoxy groups -OCH3 is 2. The van der Waals surface area contributed by atoms with Crippen molar-refractivity contribution in [3.05, 3.63) is 17.9 Å². The van der Waals surface area contributed by atoms with Gasteiger partial charge in [0.15, 0.2) is 11.5 Å². The number of sulfonamides is 1. The summed E-state index contributed by atoms with van der Waals surface area (Å²) in [7, 11) is -1.32. The van der Waals surface area contributed by atoms with Crippen molar-refractivity contribution in [2.75, 3.05) is 27.4 Å². The van der Waals surface area contributed by atoms with Crippen molar-refractivity contribution in [3.8, 4) is 11.5 Å². The van der Waals surface area contributed by atoms with E-state index in [0.29, 0.717) is 6.42 Å². The molecule has 0 saturated carbocycles. The first-order valence-corrected chi connectivity index (χ1v) is 8.83. The lowest BCUT2D eigenvalue weighted by molar-refractivity contribution is 0.139. The first-order valence-electron chi connectivity index (χ1n) is 7.39. The number of benzene rings is 1. The number of hydrogen-bond donors (Lipinski definition) is 1. The van der Waals surface area contributed by atoms with Crippen LogP contribution in [-0.2, 0) is 10.0 Å². The molecule has 8 heteroatoms. The van der Waals surface area contributed by atoms with Crippen LogP contribution < -0.4 is 9.47 Å². The monoisotopic (exact) mass is 347 g/mol. The van der Waals surface area contributed by atoms with Gasteiger partial charge in [-0.25, -0.2) is 12.8 Å². The minimum atomic E-state index is -4.03. The van der Waals surface area contributed by atoms with E-state index >= 15 is 0 Å². The fraction of sp³-hybridized carbons (Fsp3) is 0.600. The van der Waals surface area contributed by atoms with E-state index < -0.39 is 20.7 Å². The Kier molecular flexibility index (Phi) is 5.49. The van der Waals surface area contributed by atoms with Crippen LogP contribution in [0.25, 0.3) is 0 Å². The van der Waals surface area contributed by atoms with E-state index in [-0.39, 0.29) is 36.6 Å². The van der Waals surface area contributed by atoms with E-state index in [0.717, 1.165) is 18.6 Å². The molecule has 1 aliphatic heterocycles. The Labute approximate surface area is 135 Å². The molecule has 1 N–H and O–H groups in total. The first-order chi connectivity index (χ1) is 10.8. The second-order valence-electron chi connectivity index (χ2n) is 5.69. The van der Waals surface area contributed by atoms with Gasteiger partial charge in [0.2, 0.25) is 10.0 Å². The summed E-state index contributed by atoms with van der Waals surface area (Å²) < 4.78 is 51.3. The Morgan fingerprint density at radius 1 is 1.26 bits per heavy atom. The zero-order chi connectivity index (χ0) is 17.2. The number of rotatable bonds is 5. The normalized spacial score (nSPS) is 22.8. The molecule has 6 nitrogen and oxygen atoms in total. The Hall–Kier alpha value is -1.38. The van der Waals surface area contributed by atoms with Crippen LogP contribution in [0.4, 0.5) is 4.39 Å². The molecule has 2 rings (SSSR count). The van der Waals surface area contributed by atoms with Crippen molar-refractivity contribution >= 4 is 10.0 Å². The largest absolute Gasteiger partial charge is 0.493 e.